The number of anilines is 1. The van der Waals surface area contributed by atoms with Gasteiger partial charge < -0.3 is 15.0 Å². The Balaban J connectivity index is 2.44. The zero-order chi connectivity index (χ0) is 11.7. The van der Waals surface area contributed by atoms with Crippen LogP contribution in [-0.4, -0.2) is 27.2 Å². The zero-order valence-electron chi connectivity index (χ0n) is 8.57. The van der Waals surface area contributed by atoms with Gasteiger partial charge >= 0.3 is 5.97 Å². The summed E-state index contributed by atoms with van der Waals surface area (Å²) in [6.45, 7) is -0.251. The van der Waals surface area contributed by atoms with Crippen molar-refractivity contribution in [1.29, 1.82) is 0 Å². The van der Waals surface area contributed by atoms with Gasteiger partial charge in [-0.25, -0.2) is 9.37 Å². The van der Waals surface area contributed by atoms with Gasteiger partial charge in [0, 0.05) is 7.05 Å². The van der Waals surface area contributed by atoms with E-state index in [0.717, 1.165) is 0 Å². The minimum absolute atomic E-state index is 0.251. The molecular weight excluding hydrogens is 213 g/mol. The molecule has 6 heteroatoms. The van der Waals surface area contributed by atoms with Crippen LogP contribution >= 0.6 is 0 Å². The van der Waals surface area contributed by atoms with E-state index in [1.165, 1.54) is 10.6 Å². The second-order valence-electron chi connectivity index (χ2n) is 3.35. The van der Waals surface area contributed by atoms with Crippen LogP contribution in [0.2, 0.25) is 0 Å². The molecule has 0 aliphatic heterocycles. The van der Waals surface area contributed by atoms with E-state index in [9.17, 15) is 9.18 Å². The summed E-state index contributed by atoms with van der Waals surface area (Å²) in [5, 5.41) is 11.1. The maximum absolute atomic E-state index is 13.5. The fourth-order valence-corrected chi connectivity index (χ4v) is 1.53. The van der Waals surface area contributed by atoms with Crippen molar-refractivity contribution >= 4 is 23.0 Å². The number of hydrogen-bond acceptors (Lipinski definition) is 3. The van der Waals surface area contributed by atoms with Crippen LogP contribution in [0.3, 0.4) is 0 Å². The molecule has 0 radical (unpaired) electrons. The van der Waals surface area contributed by atoms with Crippen LogP contribution in [0, 0.1) is 5.82 Å². The average Bonchev–Trinajstić information content (AvgIpc) is 2.54. The van der Waals surface area contributed by atoms with E-state index in [1.807, 2.05) is 0 Å². The van der Waals surface area contributed by atoms with Gasteiger partial charge in [0.2, 0.25) is 5.95 Å². The lowest BCUT2D eigenvalue weighted by Gasteiger charge is -2.02. The van der Waals surface area contributed by atoms with Crippen molar-refractivity contribution in [2.75, 3.05) is 11.9 Å². The van der Waals surface area contributed by atoms with E-state index in [2.05, 4.69) is 10.3 Å². The molecule has 0 spiro atoms. The number of rotatable bonds is 3. The third-order valence-corrected chi connectivity index (χ3v) is 2.24. The molecule has 0 aliphatic carbocycles. The van der Waals surface area contributed by atoms with E-state index in [0.29, 0.717) is 17.0 Å². The maximum atomic E-state index is 13.5. The van der Waals surface area contributed by atoms with E-state index >= 15 is 0 Å². The molecule has 1 aromatic carbocycles. The van der Waals surface area contributed by atoms with Crippen LogP contribution in [0.15, 0.2) is 18.2 Å². The molecule has 0 saturated heterocycles. The SMILES string of the molecule is Cn1c(NCC(=O)O)nc2cccc(F)c21. The Morgan fingerprint density at radius 1 is 1.62 bits per heavy atom. The monoisotopic (exact) mass is 223 g/mol. The predicted molar refractivity (Wildman–Crippen MR) is 56.8 cm³/mol. The van der Waals surface area contributed by atoms with Gasteiger partial charge in [0.25, 0.3) is 0 Å². The molecule has 1 heterocycles. The first-order valence-electron chi connectivity index (χ1n) is 4.66. The van der Waals surface area contributed by atoms with Crippen molar-refractivity contribution in [2.45, 2.75) is 0 Å². The van der Waals surface area contributed by atoms with Crippen LogP contribution in [0.25, 0.3) is 11.0 Å². The Morgan fingerprint density at radius 3 is 3.00 bits per heavy atom. The largest absolute Gasteiger partial charge is 0.480 e. The summed E-state index contributed by atoms with van der Waals surface area (Å²) >= 11 is 0. The standard InChI is InChI=1S/C10H10FN3O2/c1-14-9-6(11)3-2-4-7(9)13-10(14)12-5-8(15)16/h2-4H,5H2,1H3,(H,12,13)(H,15,16). The van der Waals surface area contributed by atoms with Crippen LogP contribution in [0.5, 0.6) is 0 Å². The van der Waals surface area contributed by atoms with Crippen LogP contribution < -0.4 is 5.32 Å². The number of carboxylic acids is 1. The number of aliphatic carboxylic acids is 1. The molecule has 0 bridgehead atoms. The highest BCUT2D eigenvalue weighted by Crippen LogP contribution is 2.20. The predicted octanol–water partition coefficient (Wildman–Crippen LogP) is 1.21. The zero-order valence-corrected chi connectivity index (χ0v) is 8.57. The summed E-state index contributed by atoms with van der Waals surface area (Å²) in [5.74, 6) is -1.04. The van der Waals surface area contributed by atoms with Gasteiger partial charge in [-0.3, -0.25) is 4.79 Å². The van der Waals surface area contributed by atoms with E-state index < -0.39 is 5.97 Å². The number of hydrogen-bond donors (Lipinski definition) is 2. The van der Waals surface area contributed by atoms with Gasteiger partial charge in [0.15, 0.2) is 0 Å². The highest BCUT2D eigenvalue weighted by molar-refractivity contribution is 5.80. The Kier molecular flexibility index (Phi) is 2.47. The Bertz CT molecular complexity index is 550. The minimum Gasteiger partial charge on any atom is -0.480 e. The van der Waals surface area contributed by atoms with Gasteiger partial charge in [-0.05, 0) is 12.1 Å². The molecule has 0 aliphatic rings. The van der Waals surface area contributed by atoms with Crippen LogP contribution in [-0.2, 0) is 11.8 Å². The van der Waals surface area contributed by atoms with Crippen molar-refractivity contribution in [2.24, 2.45) is 7.05 Å². The van der Waals surface area contributed by atoms with Gasteiger partial charge in [0.1, 0.15) is 17.9 Å². The van der Waals surface area contributed by atoms with Gasteiger partial charge in [-0.2, -0.15) is 0 Å². The smallest absolute Gasteiger partial charge is 0.322 e. The fourth-order valence-electron chi connectivity index (χ4n) is 1.53. The molecule has 0 fully saturated rings. The highest BCUT2D eigenvalue weighted by Gasteiger charge is 2.11. The molecule has 2 aromatic rings. The van der Waals surface area contributed by atoms with Gasteiger partial charge in [0.05, 0.1) is 5.52 Å². The van der Waals surface area contributed by atoms with Crippen molar-refractivity contribution < 1.29 is 14.3 Å². The van der Waals surface area contributed by atoms with Crippen molar-refractivity contribution in [1.82, 2.24) is 9.55 Å². The average molecular weight is 223 g/mol. The first kappa shape index (κ1) is 10.4. The number of aromatic nitrogens is 2. The quantitative estimate of drug-likeness (QED) is 0.820. The minimum atomic E-state index is -0.993. The van der Waals surface area contributed by atoms with Crippen LogP contribution in [0.1, 0.15) is 0 Å². The number of carboxylic acid groups (broad SMARTS) is 1. The van der Waals surface area contributed by atoms with Crippen LogP contribution in [0.4, 0.5) is 10.3 Å². The molecule has 1 aromatic heterocycles. The van der Waals surface area contributed by atoms with Crippen molar-refractivity contribution in [3.8, 4) is 0 Å². The normalized spacial score (nSPS) is 10.6. The first-order chi connectivity index (χ1) is 7.59. The second kappa shape index (κ2) is 3.80. The lowest BCUT2D eigenvalue weighted by molar-refractivity contribution is -0.134. The van der Waals surface area contributed by atoms with Crippen molar-refractivity contribution in [3.63, 3.8) is 0 Å². The number of nitrogens with one attached hydrogen (secondary N) is 1. The molecule has 0 unspecified atom stereocenters. The number of halogens is 1. The molecule has 0 atom stereocenters. The van der Waals surface area contributed by atoms with E-state index in [-0.39, 0.29) is 12.4 Å². The summed E-state index contributed by atoms with van der Waals surface area (Å²) < 4.78 is 14.9. The van der Waals surface area contributed by atoms with Gasteiger partial charge in [-0.1, -0.05) is 6.07 Å². The summed E-state index contributed by atoms with van der Waals surface area (Å²) in [7, 11) is 1.63. The van der Waals surface area contributed by atoms with E-state index in [1.54, 1.807) is 19.2 Å². The van der Waals surface area contributed by atoms with E-state index in [4.69, 9.17) is 5.11 Å². The Labute approximate surface area is 90.5 Å². The van der Waals surface area contributed by atoms with Crippen molar-refractivity contribution in [3.05, 3.63) is 24.0 Å². The lowest BCUT2D eigenvalue weighted by Crippen LogP contribution is -2.14. The summed E-state index contributed by atoms with van der Waals surface area (Å²) in [6, 6.07) is 4.57. The summed E-state index contributed by atoms with van der Waals surface area (Å²) in [4.78, 5) is 14.5. The molecule has 5 nitrogen and oxygen atoms in total. The topological polar surface area (TPSA) is 67.2 Å². The fraction of sp³-hybridized carbons (Fsp3) is 0.200. The third-order valence-electron chi connectivity index (χ3n) is 2.24. The molecule has 0 amide bonds. The summed E-state index contributed by atoms with van der Waals surface area (Å²) in [6.07, 6.45) is 0. The Morgan fingerprint density at radius 2 is 2.38 bits per heavy atom. The number of carbonyl (C=O) groups is 1. The summed E-state index contributed by atoms with van der Waals surface area (Å²) in [5.41, 5.74) is 0.853. The third kappa shape index (κ3) is 1.69. The second-order valence-corrected chi connectivity index (χ2v) is 3.35. The molecule has 0 saturated carbocycles. The Hall–Kier alpha value is -2.11. The number of fused-ring (bicyclic) bond motifs is 1. The molecule has 2 rings (SSSR count). The maximum Gasteiger partial charge on any atom is 0.322 e. The number of para-hydroxylation sites is 1. The first-order valence-corrected chi connectivity index (χ1v) is 4.66. The van der Waals surface area contributed by atoms with Gasteiger partial charge in [-0.15, -0.1) is 0 Å². The number of imidazole rings is 1. The highest BCUT2D eigenvalue weighted by atomic mass is 19.1. The molecule has 2 N–H and O–H groups in total. The number of benzene rings is 1. The molecule has 84 valence electrons. The molecule has 16 heavy (non-hydrogen) atoms. The lowest BCUT2D eigenvalue weighted by atomic mass is 10.3. The number of nitrogens with zero attached hydrogens (tertiary/aromatic N) is 2. The molecular formula is C10H10FN3O2. The number of aryl methyl sites for hydroxylation is 1.